The number of nitrogens with two attached hydrogens (primary N) is 1. The second kappa shape index (κ2) is 6.85. The zero-order valence-electron chi connectivity index (χ0n) is 11.7. The topological polar surface area (TPSA) is 64.3 Å². The summed E-state index contributed by atoms with van der Waals surface area (Å²) in [5, 5.41) is 2.69. The van der Waals surface area contributed by atoms with E-state index < -0.39 is 0 Å². The largest absolute Gasteiger partial charge is 0.484 e. The summed E-state index contributed by atoms with van der Waals surface area (Å²) in [6.07, 6.45) is 0. The molecule has 0 aromatic heterocycles. The fourth-order valence-electron chi connectivity index (χ4n) is 1.73. The molecule has 4 nitrogen and oxygen atoms in total. The molecule has 0 saturated carbocycles. The van der Waals surface area contributed by atoms with Crippen LogP contribution in [0.25, 0.3) is 0 Å². The number of carbonyl (C=O) groups excluding carboxylic acids is 1. The maximum absolute atomic E-state index is 13.3. The Morgan fingerprint density at radius 3 is 2.57 bits per heavy atom. The first-order valence-corrected chi connectivity index (χ1v) is 6.56. The van der Waals surface area contributed by atoms with Gasteiger partial charge in [0.15, 0.2) is 6.61 Å². The number of anilines is 1. The normalized spacial score (nSPS) is 10.2. The molecule has 2 rings (SSSR count). The monoisotopic (exact) mass is 288 g/mol. The number of hydrogen-bond acceptors (Lipinski definition) is 3. The van der Waals surface area contributed by atoms with Crippen molar-refractivity contribution in [2.24, 2.45) is 5.73 Å². The van der Waals surface area contributed by atoms with Gasteiger partial charge in [0, 0.05) is 18.3 Å². The van der Waals surface area contributed by atoms with Gasteiger partial charge in [0.05, 0.1) is 0 Å². The summed E-state index contributed by atoms with van der Waals surface area (Å²) in [7, 11) is 0. The predicted molar refractivity (Wildman–Crippen MR) is 79.6 cm³/mol. The maximum Gasteiger partial charge on any atom is 0.262 e. The number of halogens is 1. The van der Waals surface area contributed by atoms with E-state index in [-0.39, 0.29) is 18.3 Å². The minimum atomic E-state index is -0.356. The average Bonchev–Trinajstić information content (AvgIpc) is 2.49. The Morgan fingerprint density at radius 1 is 1.24 bits per heavy atom. The molecule has 0 heterocycles. The zero-order valence-corrected chi connectivity index (χ0v) is 11.7. The molecule has 0 unspecified atom stereocenters. The quantitative estimate of drug-likeness (QED) is 0.889. The van der Waals surface area contributed by atoms with E-state index in [2.05, 4.69) is 5.32 Å². The van der Waals surface area contributed by atoms with Crippen molar-refractivity contribution in [2.75, 3.05) is 11.9 Å². The Hall–Kier alpha value is -2.40. The summed E-state index contributed by atoms with van der Waals surface area (Å²) >= 11 is 0. The van der Waals surface area contributed by atoms with Crippen LogP contribution in [0.2, 0.25) is 0 Å². The number of aryl methyl sites for hydroxylation is 1. The van der Waals surface area contributed by atoms with E-state index in [1.807, 2.05) is 12.1 Å². The second-order valence-corrected chi connectivity index (χ2v) is 4.65. The minimum absolute atomic E-state index is 0.179. The summed E-state index contributed by atoms with van der Waals surface area (Å²) in [5.74, 6) is -0.339. The van der Waals surface area contributed by atoms with Gasteiger partial charge in [0.2, 0.25) is 0 Å². The standard InChI is InChI=1S/C16H17FN2O2/c1-11-2-7-14(8-15(11)17)21-10-16(20)19-13-5-3-12(9-18)4-6-13/h2-8H,9-10,18H2,1H3,(H,19,20). The Labute approximate surface area is 122 Å². The van der Waals surface area contributed by atoms with E-state index >= 15 is 0 Å². The highest BCUT2D eigenvalue weighted by Gasteiger charge is 2.05. The molecule has 0 saturated heterocycles. The predicted octanol–water partition coefficient (Wildman–Crippen LogP) is 2.61. The lowest BCUT2D eigenvalue weighted by Gasteiger charge is -2.08. The van der Waals surface area contributed by atoms with Crippen molar-refractivity contribution in [3.8, 4) is 5.75 Å². The smallest absolute Gasteiger partial charge is 0.262 e. The molecule has 0 aliphatic heterocycles. The highest BCUT2D eigenvalue weighted by Crippen LogP contribution is 2.16. The molecule has 0 spiro atoms. The van der Waals surface area contributed by atoms with Crippen molar-refractivity contribution >= 4 is 11.6 Å². The van der Waals surface area contributed by atoms with Crippen molar-refractivity contribution in [1.82, 2.24) is 0 Å². The van der Waals surface area contributed by atoms with Crippen LogP contribution in [0.5, 0.6) is 5.75 Å². The number of amides is 1. The molecule has 0 aliphatic rings. The fraction of sp³-hybridized carbons (Fsp3) is 0.188. The Kier molecular flexibility index (Phi) is 4.90. The average molecular weight is 288 g/mol. The molecule has 110 valence electrons. The molecule has 2 aromatic carbocycles. The first-order valence-electron chi connectivity index (χ1n) is 6.56. The molecular formula is C16H17FN2O2. The molecule has 0 bridgehead atoms. The van der Waals surface area contributed by atoms with Crippen LogP contribution in [-0.4, -0.2) is 12.5 Å². The Bertz CT molecular complexity index is 627. The number of nitrogens with one attached hydrogen (secondary N) is 1. The lowest BCUT2D eigenvalue weighted by atomic mass is 10.2. The van der Waals surface area contributed by atoms with Crippen LogP contribution >= 0.6 is 0 Å². The highest BCUT2D eigenvalue weighted by atomic mass is 19.1. The third kappa shape index (κ3) is 4.29. The molecule has 3 N–H and O–H groups in total. The summed E-state index contributed by atoms with van der Waals surface area (Å²) in [6.45, 7) is 1.94. The van der Waals surface area contributed by atoms with Gasteiger partial charge in [0.25, 0.3) is 5.91 Å². The van der Waals surface area contributed by atoms with Crippen molar-refractivity contribution in [3.05, 3.63) is 59.4 Å². The molecule has 0 fully saturated rings. The van der Waals surface area contributed by atoms with Gasteiger partial charge in [-0.15, -0.1) is 0 Å². The molecular weight excluding hydrogens is 271 g/mol. The van der Waals surface area contributed by atoms with E-state index in [1.165, 1.54) is 6.07 Å². The highest BCUT2D eigenvalue weighted by molar-refractivity contribution is 5.91. The van der Waals surface area contributed by atoms with Crippen LogP contribution in [0.1, 0.15) is 11.1 Å². The SMILES string of the molecule is Cc1ccc(OCC(=O)Nc2ccc(CN)cc2)cc1F. The summed E-state index contributed by atoms with van der Waals surface area (Å²) in [6, 6.07) is 11.7. The molecule has 0 atom stereocenters. The first kappa shape index (κ1) is 15.0. The summed E-state index contributed by atoms with van der Waals surface area (Å²) in [4.78, 5) is 11.7. The van der Waals surface area contributed by atoms with Crippen LogP contribution < -0.4 is 15.8 Å². The van der Waals surface area contributed by atoms with Gasteiger partial charge in [-0.3, -0.25) is 4.79 Å². The number of hydrogen-bond donors (Lipinski definition) is 2. The molecule has 5 heteroatoms. The second-order valence-electron chi connectivity index (χ2n) is 4.65. The van der Waals surface area contributed by atoms with Gasteiger partial charge in [-0.05, 0) is 36.2 Å². The van der Waals surface area contributed by atoms with Crippen LogP contribution in [0.15, 0.2) is 42.5 Å². The summed E-state index contributed by atoms with van der Waals surface area (Å²) in [5.41, 5.74) is 7.68. The van der Waals surface area contributed by atoms with Gasteiger partial charge in [-0.2, -0.15) is 0 Å². The van der Waals surface area contributed by atoms with Gasteiger partial charge >= 0.3 is 0 Å². The van der Waals surface area contributed by atoms with E-state index in [4.69, 9.17) is 10.5 Å². The van der Waals surface area contributed by atoms with Gasteiger partial charge in [0.1, 0.15) is 11.6 Å². The van der Waals surface area contributed by atoms with Gasteiger partial charge in [-0.25, -0.2) is 4.39 Å². The fourth-order valence-corrected chi connectivity index (χ4v) is 1.73. The first-order chi connectivity index (χ1) is 10.1. The Morgan fingerprint density at radius 2 is 1.95 bits per heavy atom. The summed E-state index contributed by atoms with van der Waals surface area (Å²) < 4.78 is 18.6. The molecule has 0 aliphatic carbocycles. The lowest BCUT2D eigenvalue weighted by Crippen LogP contribution is -2.20. The van der Waals surface area contributed by atoms with Crippen molar-refractivity contribution < 1.29 is 13.9 Å². The number of ether oxygens (including phenoxy) is 1. The van der Waals surface area contributed by atoms with Crippen LogP contribution in [0, 0.1) is 12.7 Å². The maximum atomic E-state index is 13.3. The van der Waals surface area contributed by atoms with E-state index in [9.17, 15) is 9.18 Å². The van der Waals surface area contributed by atoms with Crippen LogP contribution in [0.4, 0.5) is 10.1 Å². The van der Waals surface area contributed by atoms with Crippen LogP contribution in [0.3, 0.4) is 0 Å². The third-order valence-corrected chi connectivity index (χ3v) is 2.99. The number of rotatable bonds is 5. The van der Waals surface area contributed by atoms with Crippen LogP contribution in [-0.2, 0) is 11.3 Å². The van der Waals surface area contributed by atoms with Gasteiger partial charge in [-0.1, -0.05) is 18.2 Å². The molecule has 0 radical (unpaired) electrons. The molecule has 21 heavy (non-hydrogen) atoms. The number of carbonyl (C=O) groups is 1. The van der Waals surface area contributed by atoms with Gasteiger partial charge < -0.3 is 15.8 Å². The Balaban J connectivity index is 1.87. The molecule has 1 amide bonds. The van der Waals surface area contributed by atoms with E-state index in [1.54, 1.807) is 31.2 Å². The lowest BCUT2D eigenvalue weighted by molar-refractivity contribution is -0.118. The zero-order chi connectivity index (χ0) is 15.2. The third-order valence-electron chi connectivity index (χ3n) is 2.99. The van der Waals surface area contributed by atoms with E-state index in [0.717, 1.165) is 5.56 Å². The van der Waals surface area contributed by atoms with E-state index in [0.29, 0.717) is 23.5 Å². The number of benzene rings is 2. The van der Waals surface area contributed by atoms with Crippen molar-refractivity contribution in [2.45, 2.75) is 13.5 Å². The van der Waals surface area contributed by atoms with Crippen molar-refractivity contribution in [1.29, 1.82) is 0 Å². The van der Waals surface area contributed by atoms with Crippen molar-refractivity contribution in [3.63, 3.8) is 0 Å². The minimum Gasteiger partial charge on any atom is -0.484 e. The molecule has 2 aromatic rings.